The van der Waals surface area contributed by atoms with E-state index < -0.39 is 0 Å². The van der Waals surface area contributed by atoms with Crippen molar-refractivity contribution >= 4 is 15.9 Å². The van der Waals surface area contributed by atoms with E-state index in [1.54, 1.807) is 0 Å². The molecular weight excluding hydrogens is 226 g/mol. The van der Waals surface area contributed by atoms with E-state index >= 15 is 0 Å². The van der Waals surface area contributed by atoms with Crippen LogP contribution in [-0.4, -0.2) is 0 Å². The van der Waals surface area contributed by atoms with Gasteiger partial charge in [-0.15, -0.1) is 0 Å². The maximum Gasteiger partial charge on any atom is 0.0294 e. The molecule has 0 spiro atoms. The van der Waals surface area contributed by atoms with Gasteiger partial charge in [-0.2, -0.15) is 0 Å². The molecule has 0 bridgehead atoms. The predicted molar refractivity (Wildman–Crippen MR) is 60.7 cm³/mol. The molecule has 0 fully saturated rings. The zero-order chi connectivity index (χ0) is 9.84. The minimum Gasteiger partial charge on any atom is -0.324 e. The van der Waals surface area contributed by atoms with Crippen LogP contribution in [-0.2, 0) is 0 Å². The van der Waals surface area contributed by atoms with Crippen LogP contribution < -0.4 is 5.73 Å². The van der Waals surface area contributed by atoms with Crippen LogP contribution in [0.4, 0.5) is 0 Å². The zero-order valence-corrected chi connectivity index (χ0v) is 9.76. The SMILES string of the molecule is CCC[C@H](N)c1ccc(Br)c(C)c1. The fourth-order valence-electron chi connectivity index (χ4n) is 1.38. The summed E-state index contributed by atoms with van der Waals surface area (Å²) >= 11 is 3.48. The lowest BCUT2D eigenvalue weighted by atomic mass is 10.0. The second-order valence-corrected chi connectivity index (χ2v) is 4.26. The van der Waals surface area contributed by atoms with Gasteiger partial charge in [0, 0.05) is 10.5 Å². The van der Waals surface area contributed by atoms with Gasteiger partial charge >= 0.3 is 0 Å². The first-order valence-corrected chi connectivity index (χ1v) is 5.46. The Bertz CT molecular complexity index is 283. The van der Waals surface area contributed by atoms with Crippen LogP contribution in [0, 0.1) is 6.92 Å². The van der Waals surface area contributed by atoms with Gasteiger partial charge < -0.3 is 5.73 Å². The normalized spacial score (nSPS) is 12.9. The van der Waals surface area contributed by atoms with Crippen LogP contribution >= 0.6 is 15.9 Å². The lowest BCUT2D eigenvalue weighted by Crippen LogP contribution is -2.09. The Morgan fingerprint density at radius 3 is 2.69 bits per heavy atom. The first-order chi connectivity index (χ1) is 6.15. The molecule has 2 N–H and O–H groups in total. The van der Waals surface area contributed by atoms with Crippen LogP contribution in [0.1, 0.15) is 36.9 Å². The molecule has 0 amide bonds. The molecule has 0 aliphatic heterocycles. The first-order valence-electron chi connectivity index (χ1n) is 4.66. The van der Waals surface area contributed by atoms with E-state index in [0.29, 0.717) is 0 Å². The summed E-state index contributed by atoms with van der Waals surface area (Å²) in [5, 5.41) is 0. The third kappa shape index (κ3) is 2.82. The lowest BCUT2D eigenvalue weighted by molar-refractivity contribution is 0.638. The van der Waals surface area contributed by atoms with E-state index in [0.717, 1.165) is 17.3 Å². The molecule has 72 valence electrons. The second-order valence-electron chi connectivity index (χ2n) is 3.40. The molecule has 0 aromatic heterocycles. The van der Waals surface area contributed by atoms with Gasteiger partial charge in [0.05, 0.1) is 0 Å². The van der Waals surface area contributed by atoms with E-state index in [9.17, 15) is 0 Å². The molecule has 0 unspecified atom stereocenters. The Kier molecular flexibility index (Phi) is 3.94. The molecule has 2 heteroatoms. The van der Waals surface area contributed by atoms with Gasteiger partial charge in [-0.3, -0.25) is 0 Å². The number of halogens is 1. The highest BCUT2D eigenvalue weighted by Gasteiger charge is 2.05. The highest BCUT2D eigenvalue weighted by molar-refractivity contribution is 9.10. The molecule has 1 aromatic carbocycles. The smallest absolute Gasteiger partial charge is 0.0294 e. The number of aryl methyl sites for hydroxylation is 1. The predicted octanol–water partition coefficient (Wildman–Crippen LogP) is 3.56. The van der Waals surface area contributed by atoms with Crippen molar-refractivity contribution in [3.63, 3.8) is 0 Å². The second kappa shape index (κ2) is 4.77. The summed E-state index contributed by atoms with van der Waals surface area (Å²) in [6, 6.07) is 6.51. The molecule has 0 heterocycles. The van der Waals surface area contributed by atoms with Crippen LogP contribution in [0.25, 0.3) is 0 Å². The molecular formula is C11H16BrN. The van der Waals surface area contributed by atoms with Gasteiger partial charge in [0.2, 0.25) is 0 Å². The molecule has 0 aliphatic carbocycles. The van der Waals surface area contributed by atoms with Crippen molar-refractivity contribution in [1.29, 1.82) is 0 Å². The maximum atomic E-state index is 6.01. The number of nitrogens with two attached hydrogens (primary N) is 1. The van der Waals surface area contributed by atoms with Crippen molar-refractivity contribution in [2.75, 3.05) is 0 Å². The van der Waals surface area contributed by atoms with Crippen LogP contribution in [0.3, 0.4) is 0 Å². The van der Waals surface area contributed by atoms with Crippen molar-refractivity contribution in [3.8, 4) is 0 Å². The quantitative estimate of drug-likeness (QED) is 0.861. The van der Waals surface area contributed by atoms with E-state index in [2.05, 4.69) is 48.0 Å². The Morgan fingerprint density at radius 1 is 1.46 bits per heavy atom. The first kappa shape index (κ1) is 10.7. The summed E-state index contributed by atoms with van der Waals surface area (Å²) in [6.07, 6.45) is 2.19. The zero-order valence-electron chi connectivity index (χ0n) is 8.18. The minimum absolute atomic E-state index is 0.191. The molecule has 1 atom stereocenters. The summed E-state index contributed by atoms with van der Waals surface area (Å²) in [4.78, 5) is 0. The highest BCUT2D eigenvalue weighted by atomic mass is 79.9. The van der Waals surface area contributed by atoms with Crippen LogP contribution in [0.5, 0.6) is 0 Å². The molecule has 0 radical (unpaired) electrons. The molecule has 0 aliphatic rings. The summed E-state index contributed by atoms with van der Waals surface area (Å²) in [7, 11) is 0. The van der Waals surface area contributed by atoms with Crippen molar-refractivity contribution in [2.45, 2.75) is 32.7 Å². The Morgan fingerprint density at radius 2 is 2.15 bits per heavy atom. The molecule has 1 nitrogen and oxygen atoms in total. The molecule has 0 saturated heterocycles. The number of rotatable bonds is 3. The van der Waals surface area contributed by atoms with Gasteiger partial charge in [0.15, 0.2) is 0 Å². The number of hydrogen-bond acceptors (Lipinski definition) is 1. The monoisotopic (exact) mass is 241 g/mol. The maximum absolute atomic E-state index is 6.01. The van der Waals surface area contributed by atoms with Crippen molar-refractivity contribution in [3.05, 3.63) is 33.8 Å². The standard InChI is InChI=1S/C11H16BrN/c1-3-4-11(13)9-5-6-10(12)8(2)7-9/h5-7,11H,3-4,13H2,1-2H3/t11-/m0/s1. The fourth-order valence-corrected chi connectivity index (χ4v) is 1.62. The number of benzene rings is 1. The van der Waals surface area contributed by atoms with Crippen LogP contribution in [0.2, 0.25) is 0 Å². The molecule has 0 saturated carbocycles. The summed E-state index contributed by atoms with van der Waals surface area (Å²) in [5.41, 5.74) is 8.50. The lowest BCUT2D eigenvalue weighted by Gasteiger charge is -2.11. The topological polar surface area (TPSA) is 26.0 Å². The molecule has 1 aromatic rings. The minimum atomic E-state index is 0.191. The highest BCUT2D eigenvalue weighted by Crippen LogP contribution is 2.22. The summed E-state index contributed by atoms with van der Waals surface area (Å²) < 4.78 is 1.15. The largest absolute Gasteiger partial charge is 0.324 e. The van der Waals surface area contributed by atoms with Crippen LogP contribution in [0.15, 0.2) is 22.7 Å². The van der Waals surface area contributed by atoms with E-state index in [1.165, 1.54) is 11.1 Å². The van der Waals surface area contributed by atoms with Crippen molar-refractivity contribution < 1.29 is 0 Å². The van der Waals surface area contributed by atoms with Gasteiger partial charge in [-0.25, -0.2) is 0 Å². The van der Waals surface area contributed by atoms with Gasteiger partial charge in [0.1, 0.15) is 0 Å². The van der Waals surface area contributed by atoms with Gasteiger partial charge in [0.25, 0.3) is 0 Å². The van der Waals surface area contributed by atoms with Crippen molar-refractivity contribution in [2.24, 2.45) is 5.73 Å². The van der Waals surface area contributed by atoms with Crippen molar-refractivity contribution in [1.82, 2.24) is 0 Å². The Balaban J connectivity index is 2.84. The summed E-state index contributed by atoms with van der Waals surface area (Å²) in [6.45, 7) is 4.25. The Hall–Kier alpha value is -0.340. The molecule has 1 rings (SSSR count). The number of hydrogen-bond donors (Lipinski definition) is 1. The third-order valence-electron chi connectivity index (χ3n) is 2.21. The Labute approximate surface area is 88.5 Å². The average Bonchev–Trinajstić information content (AvgIpc) is 2.10. The molecule has 13 heavy (non-hydrogen) atoms. The van der Waals surface area contributed by atoms with Gasteiger partial charge in [-0.05, 0) is 30.5 Å². The summed E-state index contributed by atoms with van der Waals surface area (Å²) in [5.74, 6) is 0. The van der Waals surface area contributed by atoms with E-state index in [4.69, 9.17) is 5.73 Å². The van der Waals surface area contributed by atoms with Gasteiger partial charge in [-0.1, -0.05) is 41.4 Å². The average molecular weight is 242 g/mol. The third-order valence-corrected chi connectivity index (χ3v) is 3.10. The van der Waals surface area contributed by atoms with E-state index in [1.807, 2.05) is 0 Å². The van der Waals surface area contributed by atoms with E-state index in [-0.39, 0.29) is 6.04 Å². The fraction of sp³-hybridized carbons (Fsp3) is 0.455.